The standard InChI is InChI=1S/C17H22FN3/c1-11-12(2)20-21(13(11)3)10-15-8-14(4-7-17(15)18)9-19-16-5-6-16/h4,7-8,16,19H,5-6,9-10H2,1-3H3. The Kier molecular flexibility index (Phi) is 3.81. The highest BCUT2D eigenvalue weighted by Crippen LogP contribution is 2.20. The molecule has 0 bridgehead atoms. The maximum atomic E-state index is 14.0. The lowest BCUT2D eigenvalue weighted by Gasteiger charge is -2.09. The van der Waals surface area contributed by atoms with Crippen LogP contribution in [0.1, 0.15) is 40.9 Å². The number of aryl methyl sites for hydroxylation is 1. The van der Waals surface area contributed by atoms with Crippen LogP contribution < -0.4 is 5.32 Å². The lowest BCUT2D eigenvalue weighted by Crippen LogP contribution is -2.16. The summed E-state index contributed by atoms with van der Waals surface area (Å²) in [4.78, 5) is 0. The summed E-state index contributed by atoms with van der Waals surface area (Å²) in [6, 6.07) is 6.05. The molecule has 0 saturated heterocycles. The predicted octanol–water partition coefficient (Wildman–Crippen LogP) is 3.25. The number of benzene rings is 1. The molecule has 1 saturated carbocycles. The Hall–Kier alpha value is -1.68. The second-order valence-corrected chi connectivity index (χ2v) is 6.03. The van der Waals surface area contributed by atoms with Crippen molar-refractivity contribution in [2.75, 3.05) is 0 Å². The van der Waals surface area contributed by atoms with E-state index in [0.29, 0.717) is 18.2 Å². The number of hydrogen-bond acceptors (Lipinski definition) is 2. The summed E-state index contributed by atoms with van der Waals surface area (Å²) in [5, 5.41) is 7.96. The first kappa shape index (κ1) is 14.3. The molecule has 0 radical (unpaired) electrons. The number of nitrogens with zero attached hydrogens (tertiary/aromatic N) is 2. The highest BCUT2D eigenvalue weighted by Gasteiger charge is 2.20. The van der Waals surface area contributed by atoms with Crippen LogP contribution in [0.25, 0.3) is 0 Å². The highest BCUT2D eigenvalue weighted by molar-refractivity contribution is 5.28. The zero-order valence-corrected chi connectivity index (χ0v) is 12.9. The lowest BCUT2D eigenvalue weighted by atomic mass is 10.1. The fourth-order valence-corrected chi connectivity index (χ4v) is 2.51. The van der Waals surface area contributed by atoms with Crippen molar-refractivity contribution in [3.05, 3.63) is 52.1 Å². The minimum Gasteiger partial charge on any atom is -0.310 e. The van der Waals surface area contributed by atoms with Crippen molar-refractivity contribution >= 4 is 0 Å². The Balaban J connectivity index is 1.79. The monoisotopic (exact) mass is 287 g/mol. The van der Waals surface area contributed by atoms with Gasteiger partial charge in [-0.05, 0) is 56.9 Å². The van der Waals surface area contributed by atoms with Crippen LogP contribution in [-0.4, -0.2) is 15.8 Å². The van der Waals surface area contributed by atoms with E-state index >= 15 is 0 Å². The molecule has 3 nitrogen and oxygen atoms in total. The quantitative estimate of drug-likeness (QED) is 0.915. The SMILES string of the molecule is Cc1nn(Cc2cc(CNC3CC3)ccc2F)c(C)c1C. The van der Waals surface area contributed by atoms with Crippen LogP contribution in [0.5, 0.6) is 0 Å². The van der Waals surface area contributed by atoms with Gasteiger partial charge >= 0.3 is 0 Å². The van der Waals surface area contributed by atoms with Gasteiger partial charge in [-0.2, -0.15) is 5.10 Å². The summed E-state index contributed by atoms with van der Waals surface area (Å²) in [5.74, 6) is -0.157. The van der Waals surface area contributed by atoms with Gasteiger partial charge in [0.25, 0.3) is 0 Å². The molecule has 0 aliphatic heterocycles. The molecule has 1 N–H and O–H groups in total. The molecule has 1 aliphatic carbocycles. The molecule has 1 aromatic carbocycles. The molecule has 3 rings (SSSR count). The Morgan fingerprint density at radius 1 is 1.29 bits per heavy atom. The summed E-state index contributed by atoms with van der Waals surface area (Å²) >= 11 is 0. The van der Waals surface area contributed by atoms with Crippen LogP contribution in [0, 0.1) is 26.6 Å². The van der Waals surface area contributed by atoms with E-state index in [1.54, 1.807) is 6.07 Å². The summed E-state index contributed by atoms with van der Waals surface area (Å²) in [7, 11) is 0. The van der Waals surface area contributed by atoms with E-state index in [0.717, 1.165) is 23.5 Å². The first-order chi connectivity index (χ1) is 10.0. The normalized spacial score (nSPS) is 14.7. The number of halogens is 1. The second kappa shape index (κ2) is 5.60. The van der Waals surface area contributed by atoms with Crippen molar-refractivity contribution in [1.82, 2.24) is 15.1 Å². The molecule has 112 valence electrons. The van der Waals surface area contributed by atoms with Gasteiger partial charge < -0.3 is 5.32 Å². The van der Waals surface area contributed by atoms with Crippen LogP contribution in [0.4, 0.5) is 4.39 Å². The van der Waals surface area contributed by atoms with Gasteiger partial charge in [0.05, 0.1) is 12.2 Å². The fraction of sp³-hybridized carbons (Fsp3) is 0.471. The average Bonchev–Trinajstić information content (AvgIpc) is 3.26. The maximum absolute atomic E-state index is 14.0. The summed E-state index contributed by atoms with van der Waals surface area (Å²) < 4.78 is 15.9. The fourth-order valence-electron chi connectivity index (χ4n) is 2.51. The van der Waals surface area contributed by atoms with Crippen LogP contribution in [0.3, 0.4) is 0 Å². The van der Waals surface area contributed by atoms with Crippen molar-refractivity contribution in [3.63, 3.8) is 0 Å². The van der Waals surface area contributed by atoms with E-state index in [-0.39, 0.29) is 5.82 Å². The molecular formula is C17H22FN3. The van der Waals surface area contributed by atoms with E-state index in [4.69, 9.17) is 0 Å². The van der Waals surface area contributed by atoms with E-state index in [1.165, 1.54) is 18.4 Å². The molecule has 2 aromatic rings. The minimum atomic E-state index is -0.157. The molecule has 4 heteroatoms. The molecular weight excluding hydrogens is 265 g/mol. The third kappa shape index (κ3) is 3.16. The summed E-state index contributed by atoms with van der Waals surface area (Å²) in [6.45, 7) is 7.38. The summed E-state index contributed by atoms with van der Waals surface area (Å²) in [6.07, 6.45) is 2.53. The number of rotatable bonds is 5. The molecule has 1 aromatic heterocycles. The van der Waals surface area contributed by atoms with Crippen LogP contribution >= 0.6 is 0 Å². The molecule has 0 atom stereocenters. The topological polar surface area (TPSA) is 29.9 Å². The molecule has 0 amide bonds. The Morgan fingerprint density at radius 2 is 2.05 bits per heavy atom. The van der Waals surface area contributed by atoms with Crippen molar-refractivity contribution in [2.45, 2.75) is 52.7 Å². The molecule has 1 aliphatic rings. The van der Waals surface area contributed by atoms with Gasteiger partial charge in [0.15, 0.2) is 0 Å². The molecule has 0 unspecified atom stereocenters. The molecule has 1 heterocycles. The van der Waals surface area contributed by atoms with Gasteiger partial charge in [-0.25, -0.2) is 4.39 Å². The molecule has 21 heavy (non-hydrogen) atoms. The third-order valence-corrected chi connectivity index (χ3v) is 4.35. The Bertz CT molecular complexity index is 656. The second-order valence-electron chi connectivity index (χ2n) is 6.03. The van der Waals surface area contributed by atoms with E-state index in [2.05, 4.69) is 17.3 Å². The minimum absolute atomic E-state index is 0.157. The lowest BCUT2D eigenvalue weighted by molar-refractivity contribution is 0.576. The number of nitrogens with one attached hydrogen (secondary N) is 1. The Morgan fingerprint density at radius 3 is 2.67 bits per heavy atom. The Labute approximate surface area is 125 Å². The van der Waals surface area contributed by atoms with Crippen LogP contribution in [0.2, 0.25) is 0 Å². The first-order valence-corrected chi connectivity index (χ1v) is 7.56. The van der Waals surface area contributed by atoms with Crippen LogP contribution in [-0.2, 0) is 13.1 Å². The third-order valence-electron chi connectivity index (χ3n) is 4.35. The van der Waals surface area contributed by atoms with Crippen molar-refractivity contribution in [2.24, 2.45) is 0 Å². The van der Waals surface area contributed by atoms with Gasteiger partial charge in [-0.15, -0.1) is 0 Å². The zero-order chi connectivity index (χ0) is 15.0. The smallest absolute Gasteiger partial charge is 0.128 e. The van der Waals surface area contributed by atoms with Crippen molar-refractivity contribution in [1.29, 1.82) is 0 Å². The largest absolute Gasteiger partial charge is 0.310 e. The van der Waals surface area contributed by atoms with Gasteiger partial charge in [-0.3, -0.25) is 4.68 Å². The van der Waals surface area contributed by atoms with E-state index in [9.17, 15) is 4.39 Å². The number of hydrogen-bond donors (Lipinski definition) is 1. The van der Waals surface area contributed by atoms with Crippen molar-refractivity contribution < 1.29 is 4.39 Å². The summed E-state index contributed by atoms with van der Waals surface area (Å²) in [5.41, 5.74) is 5.14. The van der Waals surface area contributed by atoms with Gasteiger partial charge in [0, 0.05) is 23.8 Å². The maximum Gasteiger partial charge on any atom is 0.128 e. The highest BCUT2D eigenvalue weighted by atomic mass is 19.1. The molecule has 0 spiro atoms. The van der Waals surface area contributed by atoms with E-state index in [1.807, 2.05) is 30.7 Å². The molecule has 1 fully saturated rings. The van der Waals surface area contributed by atoms with Crippen LogP contribution in [0.15, 0.2) is 18.2 Å². The average molecular weight is 287 g/mol. The van der Waals surface area contributed by atoms with Gasteiger partial charge in [0.1, 0.15) is 5.82 Å². The van der Waals surface area contributed by atoms with Gasteiger partial charge in [0.2, 0.25) is 0 Å². The first-order valence-electron chi connectivity index (χ1n) is 7.56. The van der Waals surface area contributed by atoms with Crippen molar-refractivity contribution in [3.8, 4) is 0 Å². The van der Waals surface area contributed by atoms with E-state index < -0.39 is 0 Å². The predicted molar refractivity (Wildman–Crippen MR) is 81.8 cm³/mol. The van der Waals surface area contributed by atoms with Gasteiger partial charge in [-0.1, -0.05) is 6.07 Å². The zero-order valence-electron chi connectivity index (χ0n) is 12.9. The number of aromatic nitrogens is 2.